The van der Waals surface area contributed by atoms with Crippen LogP contribution in [0, 0.1) is 0 Å². The predicted molar refractivity (Wildman–Crippen MR) is 120 cm³/mol. The standard InChI is InChI=1S/C27H22O2/c28-16-26-22-12-3-5-14-24(22)27(25-15-6-4-13-23(25)26)18-29-17-20-10-7-9-19-8-1-2-11-21(19)20/h1-15,28H,16-18H2. The first kappa shape index (κ1) is 17.9. The summed E-state index contributed by atoms with van der Waals surface area (Å²) in [7, 11) is 0. The minimum Gasteiger partial charge on any atom is -0.392 e. The van der Waals surface area contributed by atoms with E-state index in [1.165, 1.54) is 21.9 Å². The van der Waals surface area contributed by atoms with Crippen molar-refractivity contribution in [3.63, 3.8) is 0 Å². The molecular weight excluding hydrogens is 356 g/mol. The fourth-order valence-corrected chi connectivity index (χ4v) is 4.32. The molecule has 0 saturated heterocycles. The van der Waals surface area contributed by atoms with Gasteiger partial charge in [0, 0.05) is 0 Å². The summed E-state index contributed by atoms with van der Waals surface area (Å²) in [6.45, 7) is 1.11. The second kappa shape index (κ2) is 7.67. The molecule has 5 aromatic carbocycles. The van der Waals surface area contributed by atoms with E-state index >= 15 is 0 Å². The van der Waals surface area contributed by atoms with Gasteiger partial charge in [0.25, 0.3) is 0 Å². The van der Waals surface area contributed by atoms with Crippen LogP contribution in [0.1, 0.15) is 16.7 Å². The van der Waals surface area contributed by atoms with Crippen LogP contribution in [-0.4, -0.2) is 5.11 Å². The highest BCUT2D eigenvalue weighted by atomic mass is 16.5. The van der Waals surface area contributed by atoms with Crippen molar-refractivity contribution in [3.05, 3.63) is 108 Å². The minimum atomic E-state index is 0.0260. The number of ether oxygens (including phenoxy) is 1. The largest absolute Gasteiger partial charge is 0.392 e. The Labute approximate surface area is 170 Å². The summed E-state index contributed by atoms with van der Waals surface area (Å²) in [6, 6.07) is 31.3. The van der Waals surface area contributed by atoms with Crippen molar-refractivity contribution in [1.82, 2.24) is 0 Å². The number of fused-ring (bicyclic) bond motifs is 3. The maximum absolute atomic E-state index is 10.0. The smallest absolute Gasteiger partial charge is 0.0733 e. The van der Waals surface area contributed by atoms with E-state index in [2.05, 4.69) is 66.7 Å². The molecule has 5 rings (SSSR count). The number of hydrogen-bond donors (Lipinski definition) is 1. The highest BCUT2D eigenvalue weighted by Crippen LogP contribution is 2.33. The molecule has 0 aromatic heterocycles. The second-order valence-electron chi connectivity index (χ2n) is 7.34. The van der Waals surface area contributed by atoms with Gasteiger partial charge in [-0.3, -0.25) is 0 Å². The van der Waals surface area contributed by atoms with Gasteiger partial charge in [0.15, 0.2) is 0 Å². The Hall–Kier alpha value is -3.20. The Bertz CT molecular complexity index is 1260. The molecule has 1 N–H and O–H groups in total. The van der Waals surface area contributed by atoms with Crippen LogP contribution in [-0.2, 0) is 24.6 Å². The Balaban J connectivity index is 1.55. The first-order valence-corrected chi connectivity index (χ1v) is 9.93. The van der Waals surface area contributed by atoms with Crippen molar-refractivity contribution < 1.29 is 9.84 Å². The third kappa shape index (κ3) is 3.17. The van der Waals surface area contributed by atoms with Gasteiger partial charge in [-0.15, -0.1) is 0 Å². The molecule has 0 aliphatic heterocycles. The molecule has 2 heteroatoms. The molecule has 0 heterocycles. The van der Waals surface area contributed by atoms with Crippen LogP contribution in [0.15, 0.2) is 91.0 Å². The highest BCUT2D eigenvalue weighted by molar-refractivity contribution is 6.05. The Morgan fingerprint density at radius 1 is 0.517 bits per heavy atom. The number of aliphatic hydroxyl groups excluding tert-OH is 1. The van der Waals surface area contributed by atoms with Gasteiger partial charge in [-0.1, -0.05) is 91.0 Å². The molecule has 2 nitrogen and oxygen atoms in total. The summed E-state index contributed by atoms with van der Waals surface area (Å²) in [5, 5.41) is 17.0. The molecule has 142 valence electrons. The highest BCUT2D eigenvalue weighted by Gasteiger charge is 2.13. The number of hydrogen-bond acceptors (Lipinski definition) is 2. The predicted octanol–water partition coefficient (Wildman–Crippen LogP) is 6.36. The summed E-state index contributed by atoms with van der Waals surface area (Å²) in [5.41, 5.74) is 3.35. The molecule has 0 aliphatic carbocycles. The zero-order chi connectivity index (χ0) is 19.6. The van der Waals surface area contributed by atoms with Gasteiger partial charge in [0.1, 0.15) is 0 Å². The van der Waals surface area contributed by atoms with E-state index in [1.54, 1.807) is 0 Å². The van der Waals surface area contributed by atoms with Crippen LogP contribution in [0.4, 0.5) is 0 Å². The maximum Gasteiger partial charge on any atom is 0.0733 e. The molecule has 0 radical (unpaired) electrons. The van der Waals surface area contributed by atoms with E-state index in [4.69, 9.17) is 4.74 Å². The molecule has 0 atom stereocenters. The van der Waals surface area contributed by atoms with Crippen molar-refractivity contribution in [1.29, 1.82) is 0 Å². The molecule has 0 fully saturated rings. The molecule has 0 saturated carbocycles. The Morgan fingerprint density at radius 3 is 1.66 bits per heavy atom. The third-order valence-corrected chi connectivity index (χ3v) is 5.70. The molecule has 0 bridgehead atoms. The van der Waals surface area contributed by atoms with E-state index in [0.29, 0.717) is 13.2 Å². The van der Waals surface area contributed by atoms with Crippen LogP contribution >= 0.6 is 0 Å². The van der Waals surface area contributed by atoms with Crippen molar-refractivity contribution in [2.45, 2.75) is 19.8 Å². The zero-order valence-electron chi connectivity index (χ0n) is 16.1. The van der Waals surface area contributed by atoms with Crippen LogP contribution in [0.25, 0.3) is 32.3 Å². The van der Waals surface area contributed by atoms with Gasteiger partial charge in [0.05, 0.1) is 19.8 Å². The minimum absolute atomic E-state index is 0.0260. The fraction of sp³-hybridized carbons (Fsp3) is 0.111. The quantitative estimate of drug-likeness (QED) is 0.361. The Kier molecular flexibility index (Phi) is 4.73. The van der Waals surface area contributed by atoms with E-state index in [9.17, 15) is 5.11 Å². The van der Waals surface area contributed by atoms with Gasteiger partial charge in [-0.25, -0.2) is 0 Å². The van der Waals surface area contributed by atoms with Crippen LogP contribution in [0.5, 0.6) is 0 Å². The number of aliphatic hydroxyl groups is 1. The molecular formula is C27H22O2. The Morgan fingerprint density at radius 2 is 1.03 bits per heavy atom. The lowest BCUT2D eigenvalue weighted by molar-refractivity contribution is 0.109. The summed E-state index contributed by atoms with van der Waals surface area (Å²) >= 11 is 0. The van der Waals surface area contributed by atoms with Crippen LogP contribution in [0.2, 0.25) is 0 Å². The third-order valence-electron chi connectivity index (χ3n) is 5.70. The van der Waals surface area contributed by atoms with Crippen molar-refractivity contribution in [2.75, 3.05) is 0 Å². The lowest BCUT2D eigenvalue weighted by atomic mass is 9.92. The molecule has 29 heavy (non-hydrogen) atoms. The van der Waals surface area contributed by atoms with Gasteiger partial charge in [-0.05, 0) is 49.0 Å². The summed E-state index contributed by atoms with van der Waals surface area (Å²) in [4.78, 5) is 0. The van der Waals surface area contributed by atoms with Crippen molar-refractivity contribution in [2.24, 2.45) is 0 Å². The van der Waals surface area contributed by atoms with E-state index < -0.39 is 0 Å². The van der Waals surface area contributed by atoms with Gasteiger partial charge in [0.2, 0.25) is 0 Å². The lowest BCUT2D eigenvalue weighted by Crippen LogP contribution is -1.99. The van der Waals surface area contributed by atoms with Gasteiger partial charge >= 0.3 is 0 Å². The monoisotopic (exact) mass is 378 g/mol. The van der Waals surface area contributed by atoms with Crippen LogP contribution in [0.3, 0.4) is 0 Å². The molecule has 0 unspecified atom stereocenters. The van der Waals surface area contributed by atoms with Gasteiger partial charge in [-0.2, -0.15) is 0 Å². The maximum atomic E-state index is 10.0. The zero-order valence-corrected chi connectivity index (χ0v) is 16.1. The molecule has 0 spiro atoms. The van der Waals surface area contributed by atoms with E-state index in [1.807, 2.05) is 24.3 Å². The first-order chi connectivity index (χ1) is 14.4. The second-order valence-corrected chi connectivity index (χ2v) is 7.34. The van der Waals surface area contributed by atoms with E-state index in [-0.39, 0.29) is 6.61 Å². The van der Waals surface area contributed by atoms with Crippen molar-refractivity contribution >= 4 is 32.3 Å². The topological polar surface area (TPSA) is 29.5 Å². The van der Waals surface area contributed by atoms with Gasteiger partial charge < -0.3 is 9.84 Å². The number of benzene rings is 5. The summed E-state index contributed by atoms with van der Waals surface area (Å²) in [6.07, 6.45) is 0. The average Bonchev–Trinajstić information content (AvgIpc) is 2.79. The number of rotatable bonds is 5. The lowest BCUT2D eigenvalue weighted by Gasteiger charge is -2.16. The van der Waals surface area contributed by atoms with Crippen molar-refractivity contribution in [3.8, 4) is 0 Å². The van der Waals surface area contributed by atoms with E-state index in [0.717, 1.165) is 27.1 Å². The molecule has 0 aliphatic rings. The summed E-state index contributed by atoms with van der Waals surface area (Å²) < 4.78 is 6.24. The molecule has 0 amide bonds. The summed E-state index contributed by atoms with van der Waals surface area (Å²) in [5.74, 6) is 0. The average molecular weight is 378 g/mol. The van der Waals surface area contributed by atoms with Crippen LogP contribution < -0.4 is 0 Å². The first-order valence-electron chi connectivity index (χ1n) is 9.93. The normalized spacial score (nSPS) is 11.5. The fourth-order valence-electron chi connectivity index (χ4n) is 4.32. The SMILES string of the molecule is OCc1c2ccccc2c(COCc2cccc3ccccc23)c2ccccc12. The molecule has 5 aromatic rings.